The van der Waals surface area contributed by atoms with Gasteiger partial charge < -0.3 is 25.0 Å². The molecule has 0 saturated carbocycles. The Balaban J connectivity index is 1.55. The molecule has 0 amide bonds. The van der Waals surface area contributed by atoms with Gasteiger partial charge in [0.1, 0.15) is 11.5 Å². The molecular formula is C24H32F2N4O2. The molecule has 0 aromatic heterocycles. The molecule has 1 fully saturated rings. The quantitative estimate of drug-likeness (QED) is 0.478. The Morgan fingerprint density at radius 2 is 1.78 bits per heavy atom. The van der Waals surface area contributed by atoms with Gasteiger partial charge in [0, 0.05) is 56.1 Å². The van der Waals surface area contributed by atoms with Crippen molar-refractivity contribution in [1.82, 2.24) is 10.6 Å². The highest BCUT2D eigenvalue weighted by Gasteiger charge is 2.21. The van der Waals surface area contributed by atoms with Crippen LogP contribution in [-0.2, 0) is 6.42 Å². The van der Waals surface area contributed by atoms with Gasteiger partial charge in [-0.05, 0) is 37.8 Å². The van der Waals surface area contributed by atoms with Crippen LogP contribution in [0.25, 0.3) is 0 Å². The van der Waals surface area contributed by atoms with E-state index in [1.54, 1.807) is 20.3 Å². The molecule has 174 valence electrons. The minimum Gasteiger partial charge on any atom is -0.497 e. The van der Waals surface area contributed by atoms with E-state index in [4.69, 9.17) is 9.47 Å². The Bertz CT molecular complexity index is 893. The number of hydrogen-bond donors (Lipinski definition) is 2. The molecule has 2 aromatic rings. The number of guanidine groups is 1. The minimum atomic E-state index is -0.822. The summed E-state index contributed by atoms with van der Waals surface area (Å²) in [6.45, 7) is 4.88. The maximum atomic E-state index is 13.8. The molecule has 6 nitrogen and oxygen atoms in total. The van der Waals surface area contributed by atoms with Gasteiger partial charge in [0.05, 0.1) is 14.2 Å². The summed E-state index contributed by atoms with van der Waals surface area (Å²) in [5.41, 5.74) is 1.42. The fourth-order valence-corrected chi connectivity index (χ4v) is 3.80. The molecule has 2 aromatic carbocycles. The van der Waals surface area contributed by atoms with Gasteiger partial charge in [-0.3, -0.25) is 4.99 Å². The minimum absolute atomic E-state index is 0.280. The predicted octanol–water partition coefficient (Wildman–Crippen LogP) is 3.75. The standard InChI is InChI=1S/C24H32F2N4O2/c1-4-27-24(28-11-8-17-6-5-7-22(25)23(17)26)29-18-9-12-30(13-10-18)19-14-20(31-2)16-21(15-19)32-3/h5-7,14-16,18H,4,8-13H2,1-3H3,(H2,27,28,29). The number of nitrogens with zero attached hydrogens (tertiary/aromatic N) is 2. The van der Waals surface area contributed by atoms with Crippen molar-refractivity contribution in [2.45, 2.75) is 32.2 Å². The summed E-state index contributed by atoms with van der Waals surface area (Å²) < 4.78 is 38.0. The number of halogens is 2. The second-order valence-electron chi connectivity index (χ2n) is 7.70. The van der Waals surface area contributed by atoms with Crippen molar-refractivity contribution in [2.75, 3.05) is 45.3 Å². The summed E-state index contributed by atoms with van der Waals surface area (Å²) in [5.74, 6) is 0.636. The lowest BCUT2D eigenvalue weighted by Gasteiger charge is -2.34. The van der Waals surface area contributed by atoms with Gasteiger partial charge in [0.15, 0.2) is 17.6 Å². The van der Waals surface area contributed by atoms with Crippen LogP contribution >= 0.6 is 0 Å². The number of anilines is 1. The molecular weight excluding hydrogens is 414 g/mol. The first-order valence-corrected chi connectivity index (χ1v) is 11.0. The zero-order chi connectivity index (χ0) is 22.9. The monoisotopic (exact) mass is 446 g/mol. The first-order valence-electron chi connectivity index (χ1n) is 11.0. The van der Waals surface area contributed by atoms with Gasteiger partial charge in [-0.2, -0.15) is 0 Å². The van der Waals surface area contributed by atoms with Crippen LogP contribution in [0, 0.1) is 11.6 Å². The van der Waals surface area contributed by atoms with Crippen molar-refractivity contribution >= 4 is 11.6 Å². The van der Waals surface area contributed by atoms with E-state index in [1.807, 2.05) is 25.1 Å². The van der Waals surface area contributed by atoms with E-state index in [0.29, 0.717) is 24.5 Å². The fourth-order valence-electron chi connectivity index (χ4n) is 3.80. The molecule has 1 aliphatic rings. The van der Waals surface area contributed by atoms with Crippen molar-refractivity contribution < 1.29 is 18.3 Å². The highest BCUT2D eigenvalue weighted by molar-refractivity contribution is 5.80. The Morgan fingerprint density at radius 1 is 1.09 bits per heavy atom. The Morgan fingerprint density at radius 3 is 2.41 bits per heavy atom. The molecule has 0 radical (unpaired) electrons. The third-order valence-electron chi connectivity index (χ3n) is 5.56. The molecule has 0 spiro atoms. The van der Waals surface area contributed by atoms with E-state index < -0.39 is 11.6 Å². The van der Waals surface area contributed by atoms with Gasteiger partial charge in [0.2, 0.25) is 0 Å². The van der Waals surface area contributed by atoms with Crippen LogP contribution in [0.1, 0.15) is 25.3 Å². The van der Waals surface area contributed by atoms with E-state index in [-0.39, 0.29) is 6.04 Å². The van der Waals surface area contributed by atoms with Crippen LogP contribution in [0.2, 0.25) is 0 Å². The molecule has 3 rings (SSSR count). The van der Waals surface area contributed by atoms with E-state index in [2.05, 4.69) is 20.5 Å². The molecule has 0 aliphatic carbocycles. The number of rotatable bonds is 8. The molecule has 2 N–H and O–H groups in total. The van der Waals surface area contributed by atoms with E-state index in [1.165, 1.54) is 6.07 Å². The van der Waals surface area contributed by atoms with Gasteiger partial charge in [-0.25, -0.2) is 8.78 Å². The number of ether oxygens (including phenoxy) is 2. The van der Waals surface area contributed by atoms with Gasteiger partial charge in [0.25, 0.3) is 0 Å². The topological polar surface area (TPSA) is 58.1 Å². The highest BCUT2D eigenvalue weighted by Crippen LogP contribution is 2.30. The summed E-state index contributed by atoms with van der Waals surface area (Å²) in [7, 11) is 3.30. The van der Waals surface area contributed by atoms with Crippen molar-refractivity contribution in [1.29, 1.82) is 0 Å². The van der Waals surface area contributed by atoms with Crippen LogP contribution in [0.15, 0.2) is 41.4 Å². The lowest BCUT2D eigenvalue weighted by molar-refractivity contribution is 0.393. The maximum absolute atomic E-state index is 13.8. The zero-order valence-corrected chi connectivity index (χ0v) is 19.0. The normalized spacial score (nSPS) is 14.9. The first kappa shape index (κ1) is 23.6. The average Bonchev–Trinajstić information content (AvgIpc) is 2.82. The second-order valence-corrected chi connectivity index (χ2v) is 7.70. The molecule has 0 unspecified atom stereocenters. The molecule has 1 saturated heterocycles. The lowest BCUT2D eigenvalue weighted by atomic mass is 10.0. The van der Waals surface area contributed by atoms with Crippen LogP contribution in [0.4, 0.5) is 14.5 Å². The van der Waals surface area contributed by atoms with Gasteiger partial charge in [-0.1, -0.05) is 12.1 Å². The lowest BCUT2D eigenvalue weighted by Crippen LogP contribution is -2.48. The number of aliphatic imine (C=N–C) groups is 1. The van der Waals surface area contributed by atoms with Crippen molar-refractivity contribution in [3.05, 3.63) is 53.6 Å². The molecule has 1 heterocycles. The average molecular weight is 447 g/mol. The van der Waals surface area contributed by atoms with Gasteiger partial charge >= 0.3 is 0 Å². The van der Waals surface area contributed by atoms with Crippen LogP contribution in [-0.4, -0.2) is 52.4 Å². The predicted molar refractivity (Wildman–Crippen MR) is 124 cm³/mol. The third kappa shape index (κ3) is 6.24. The van der Waals surface area contributed by atoms with E-state index >= 15 is 0 Å². The Labute approximate surface area is 188 Å². The maximum Gasteiger partial charge on any atom is 0.191 e. The number of benzene rings is 2. The summed E-state index contributed by atoms with van der Waals surface area (Å²) in [4.78, 5) is 6.87. The third-order valence-corrected chi connectivity index (χ3v) is 5.56. The number of nitrogens with one attached hydrogen (secondary N) is 2. The van der Waals surface area contributed by atoms with Crippen LogP contribution in [0.5, 0.6) is 11.5 Å². The molecule has 0 bridgehead atoms. The van der Waals surface area contributed by atoms with E-state index in [9.17, 15) is 8.78 Å². The van der Waals surface area contributed by atoms with Crippen LogP contribution < -0.4 is 25.0 Å². The Hall–Kier alpha value is -3.03. The SMILES string of the molecule is CCNC(=NCCc1cccc(F)c1F)NC1CCN(c2cc(OC)cc(OC)c2)CC1. The molecule has 8 heteroatoms. The largest absolute Gasteiger partial charge is 0.497 e. The van der Waals surface area contributed by atoms with Crippen molar-refractivity contribution in [3.8, 4) is 11.5 Å². The summed E-state index contributed by atoms with van der Waals surface area (Å²) in [6, 6.07) is 10.4. The highest BCUT2D eigenvalue weighted by atomic mass is 19.2. The number of piperidine rings is 1. The van der Waals surface area contributed by atoms with Crippen LogP contribution in [0.3, 0.4) is 0 Å². The second kappa shape index (κ2) is 11.5. The summed E-state index contributed by atoms with van der Waals surface area (Å²) >= 11 is 0. The zero-order valence-electron chi connectivity index (χ0n) is 19.0. The summed E-state index contributed by atoms with van der Waals surface area (Å²) in [6.07, 6.45) is 2.24. The fraction of sp³-hybridized carbons (Fsp3) is 0.458. The van der Waals surface area contributed by atoms with E-state index in [0.717, 1.165) is 55.7 Å². The molecule has 0 atom stereocenters. The summed E-state index contributed by atoms with van der Waals surface area (Å²) in [5, 5.41) is 6.72. The Kier molecular flexibility index (Phi) is 8.53. The number of hydrogen-bond acceptors (Lipinski definition) is 4. The van der Waals surface area contributed by atoms with Crippen molar-refractivity contribution in [3.63, 3.8) is 0 Å². The molecule has 32 heavy (non-hydrogen) atoms. The first-order chi connectivity index (χ1) is 15.5. The van der Waals surface area contributed by atoms with Gasteiger partial charge in [-0.15, -0.1) is 0 Å². The number of methoxy groups -OCH3 is 2. The van der Waals surface area contributed by atoms with Crippen molar-refractivity contribution in [2.24, 2.45) is 4.99 Å². The smallest absolute Gasteiger partial charge is 0.191 e. The molecule has 1 aliphatic heterocycles.